The van der Waals surface area contributed by atoms with E-state index in [1.165, 1.54) is 0 Å². The van der Waals surface area contributed by atoms with Gasteiger partial charge in [0.05, 0.1) is 7.11 Å². The molecule has 0 saturated carbocycles. The van der Waals surface area contributed by atoms with E-state index in [1.54, 1.807) is 7.11 Å². The number of hydrogen-bond donors (Lipinski definition) is 0. The van der Waals surface area contributed by atoms with Gasteiger partial charge in [0.15, 0.2) is 0 Å². The second-order valence-electron chi connectivity index (χ2n) is 5.71. The van der Waals surface area contributed by atoms with Crippen molar-refractivity contribution in [2.24, 2.45) is 0 Å². The molecule has 0 atom stereocenters. The molecule has 4 bridgehead atoms. The normalized spacial score (nSPS) is 15.0. The second-order valence-corrected chi connectivity index (χ2v) is 5.71. The van der Waals surface area contributed by atoms with Crippen LogP contribution in [0.15, 0.2) is 42.5 Å². The van der Waals surface area contributed by atoms with Crippen molar-refractivity contribution in [2.45, 2.75) is 25.7 Å². The van der Waals surface area contributed by atoms with E-state index in [9.17, 15) is 9.59 Å². The highest BCUT2D eigenvalue weighted by Crippen LogP contribution is 2.26. The van der Waals surface area contributed by atoms with Gasteiger partial charge in [0, 0.05) is 36.8 Å². The Morgan fingerprint density at radius 2 is 1.18 bits per heavy atom. The van der Waals surface area contributed by atoms with Crippen molar-refractivity contribution in [1.82, 2.24) is 0 Å². The summed E-state index contributed by atoms with van der Waals surface area (Å²) in [6.45, 7) is 0. The summed E-state index contributed by atoms with van der Waals surface area (Å²) in [5, 5.41) is 0. The van der Waals surface area contributed by atoms with E-state index in [2.05, 4.69) is 0 Å². The summed E-state index contributed by atoms with van der Waals surface area (Å²) in [7, 11) is 1.59. The Balaban J connectivity index is 2.04. The summed E-state index contributed by atoms with van der Waals surface area (Å²) in [6.07, 6.45) is 1.46. The van der Waals surface area contributed by atoms with Crippen LogP contribution in [0.3, 0.4) is 0 Å². The molecule has 0 fully saturated rings. The molecule has 2 aromatic carbocycles. The SMILES string of the molecule is COc1c2cccc1CC(=O)Cc1ccc(cc1)CC(=O)C2. The minimum atomic E-state index is 0.147. The predicted molar refractivity (Wildman–Crippen MR) is 84.3 cm³/mol. The van der Waals surface area contributed by atoms with E-state index < -0.39 is 0 Å². The van der Waals surface area contributed by atoms with Crippen LogP contribution in [0.5, 0.6) is 5.75 Å². The maximum absolute atomic E-state index is 12.3. The lowest BCUT2D eigenvalue weighted by atomic mass is 9.98. The summed E-state index contributed by atoms with van der Waals surface area (Å²) >= 11 is 0. The standard InChI is InChI=1S/C19H18O3/c1-22-19-15-3-2-4-16(19)12-18(21)10-14-7-5-13(6-8-14)9-17(20)11-15/h2-8H,9-12H2,1H3. The fourth-order valence-electron chi connectivity index (χ4n) is 2.96. The third kappa shape index (κ3) is 3.08. The topological polar surface area (TPSA) is 43.4 Å². The van der Waals surface area contributed by atoms with Crippen molar-refractivity contribution in [3.63, 3.8) is 0 Å². The summed E-state index contributed by atoms with van der Waals surface area (Å²) in [4.78, 5) is 24.6. The lowest BCUT2D eigenvalue weighted by Gasteiger charge is -2.12. The van der Waals surface area contributed by atoms with Gasteiger partial charge in [-0.3, -0.25) is 9.59 Å². The molecule has 0 aromatic heterocycles. The highest BCUT2D eigenvalue weighted by atomic mass is 16.5. The molecule has 0 radical (unpaired) electrons. The zero-order valence-corrected chi connectivity index (χ0v) is 12.6. The van der Waals surface area contributed by atoms with Crippen LogP contribution in [-0.4, -0.2) is 18.7 Å². The molecular formula is C19H18O3. The minimum absolute atomic E-state index is 0.147. The number of para-hydroxylation sites is 1. The van der Waals surface area contributed by atoms with E-state index >= 15 is 0 Å². The third-order valence-electron chi connectivity index (χ3n) is 3.98. The molecule has 2 aliphatic rings. The molecular weight excluding hydrogens is 276 g/mol. The minimum Gasteiger partial charge on any atom is -0.496 e. The molecule has 22 heavy (non-hydrogen) atoms. The van der Waals surface area contributed by atoms with Crippen LogP contribution < -0.4 is 4.74 Å². The number of carbonyl (C=O) groups is 2. The van der Waals surface area contributed by atoms with Crippen molar-refractivity contribution < 1.29 is 14.3 Å². The first-order valence-corrected chi connectivity index (χ1v) is 7.41. The Hall–Kier alpha value is -2.42. The summed E-state index contributed by atoms with van der Waals surface area (Å²) < 4.78 is 5.47. The first-order chi connectivity index (χ1) is 10.7. The van der Waals surface area contributed by atoms with Gasteiger partial charge in [0.2, 0.25) is 0 Å². The summed E-state index contributed by atoms with van der Waals surface area (Å²) in [6, 6.07) is 13.4. The number of rotatable bonds is 1. The average Bonchev–Trinajstić information content (AvgIpc) is 2.49. The largest absolute Gasteiger partial charge is 0.496 e. The molecule has 0 unspecified atom stereocenters. The Morgan fingerprint density at radius 3 is 1.59 bits per heavy atom. The van der Waals surface area contributed by atoms with Gasteiger partial charge in [-0.2, -0.15) is 0 Å². The van der Waals surface area contributed by atoms with Crippen LogP contribution in [0.25, 0.3) is 0 Å². The zero-order valence-electron chi connectivity index (χ0n) is 12.6. The number of fused-ring (bicyclic) bond motifs is 6. The van der Waals surface area contributed by atoms with Crippen LogP contribution in [0, 0.1) is 0 Å². The lowest BCUT2D eigenvalue weighted by molar-refractivity contribution is -0.118. The number of ketones is 2. The molecule has 0 heterocycles. The van der Waals surface area contributed by atoms with Crippen molar-refractivity contribution in [3.8, 4) is 5.75 Å². The highest BCUT2D eigenvalue weighted by molar-refractivity contribution is 5.86. The number of Topliss-reactive ketones (excluding diaryl/α,β-unsaturated/α-hetero) is 2. The van der Waals surface area contributed by atoms with Crippen molar-refractivity contribution in [1.29, 1.82) is 0 Å². The predicted octanol–water partition coefficient (Wildman–Crippen LogP) is 2.72. The zero-order chi connectivity index (χ0) is 15.5. The number of benzene rings is 2. The quantitative estimate of drug-likeness (QED) is 0.812. The molecule has 2 aliphatic carbocycles. The number of methoxy groups -OCH3 is 1. The molecule has 2 aromatic rings. The molecule has 0 spiro atoms. The Morgan fingerprint density at radius 1 is 0.727 bits per heavy atom. The van der Waals surface area contributed by atoms with E-state index in [0.717, 1.165) is 22.3 Å². The molecule has 0 N–H and O–H groups in total. The first kappa shape index (κ1) is 14.5. The fraction of sp³-hybridized carbons (Fsp3) is 0.263. The van der Waals surface area contributed by atoms with Crippen LogP contribution in [0.2, 0.25) is 0 Å². The maximum Gasteiger partial charge on any atom is 0.141 e. The number of hydrogen-bond acceptors (Lipinski definition) is 3. The van der Waals surface area contributed by atoms with Gasteiger partial charge in [0.1, 0.15) is 17.3 Å². The van der Waals surface area contributed by atoms with Gasteiger partial charge in [-0.25, -0.2) is 0 Å². The van der Waals surface area contributed by atoms with Gasteiger partial charge < -0.3 is 4.74 Å². The van der Waals surface area contributed by atoms with E-state index in [-0.39, 0.29) is 11.6 Å². The van der Waals surface area contributed by atoms with Gasteiger partial charge in [-0.15, -0.1) is 0 Å². The monoisotopic (exact) mass is 294 g/mol. The third-order valence-corrected chi connectivity index (χ3v) is 3.98. The molecule has 4 rings (SSSR count). The molecule has 112 valence electrons. The smallest absolute Gasteiger partial charge is 0.141 e. The Bertz CT molecular complexity index is 657. The Labute approximate surface area is 129 Å². The van der Waals surface area contributed by atoms with Gasteiger partial charge in [-0.1, -0.05) is 42.5 Å². The van der Waals surface area contributed by atoms with Gasteiger partial charge in [0.25, 0.3) is 0 Å². The number of ether oxygens (including phenoxy) is 1. The van der Waals surface area contributed by atoms with E-state index in [0.29, 0.717) is 31.4 Å². The molecule has 3 nitrogen and oxygen atoms in total. The van der Waals surface area contributed by atoms with Crippen LogP contribution >= 0.6 is 0 Å². The van der Waals surface area contributed by atoms with Crippen molar-refractivity contribution in [3.05, 3.63) is 64.7 Å². The van der Waals surface area contributed by atoms with Gasteiger partial charge >= 0.3 is 0 Å². The molecule has 0 amide bonds. The first-order valence-electron chi connectivity index (χ1n) is 7.41. The summed E-state index contributed by atoms with van der Waals surface area (Å²) in [5.74, 6) is 0.967. The molecule has 0 aliphatic heterocycles. The second kappa shape index (κ2) is 6.14. The summed E-state index contributed by atoms with van der Waals surface area (Å²) in [5.41, 5.74) is 3.67. The highest BCUT2D eigenvalue weighted by Gasteiger charge is 2.16. The maximum atomic E-state index is 12.3. The van der Waals surface area contributed by atoms with Gasteiger partial charge in [-0.05, 0) is 11.1 Å². The Kier molecular flexibility index (Phi) is 4.05. The number of carbonyl (C=O) groups excluding carboxylic acids is 2. The van der Waals surface area contributed by atoms with E-state index in [4.69, 9.17) is 4.74 Å². The van der Waals surface area contributed by atoms with Crippen molar-refractivity contribution in [2.75, 3.05) is 7.11 Å². The fourth-order valence-corrected chi connectivity index (χ4v) is 2.96. The average molecular weight is 294 g/mol. The van der Waals surface area contributed by atoms with Crippen LogP contribution in [0.4, 0.5) is 0 Å². The van der Waals surface area contributed by atoms with Crippen LogP contribution in [-0.2, 0) is 35.3 Å². The lowest BCUT2D eigenvalue weighted by Crippen LogP contribution is -2.10. The molecule has 0 saturated heterocycles. The van der Waals surface area contributed by atoms with Crippen LogP contribution in [0.1, 0.15) is 22.3 Å². The van der Waals surface area contributed by atoms with Crippen molar-refractivity contribution >= 4 is 11.6 Å². The van der Waals surface area contributed by atoms with E-state index in [1.807, 2.05) is 42.5 Å². The molecule has 3 heteroatoms.